The van der Waals surface area contributed by atoms with E-state index in [-0.39, 0.29) is 11.1 Å². The van der Waals surface area contributed by atoms with Crippen molar-refractivity contribution >= 4 is 10.0 Å². The number of hydrogen-bond acceptors (Lipinski definition) is 3. The number of nitrogens with zero attached hydrogens (tertiary/aromatic N) is 1. The lowest BCUT2D eigenvalue weighted by atomic mass is 10.2. The second kappa shape index (κ2) is 5.14. The monoisotopic (exact) mass is 241 g/mol. The van der Waals surface area contributed by atoms with Gasteiger partial charge in [-0.1, -0.05) is 6.92 Å². The third-order valence-electron chi connectivity index (χ3n) is 2.15. The van der Waals surface area contributed by atoms with E-state index < -0.39 is 10.0 Å². The third kappa shape index (κ3) is 3.08. The molecule has 0 spiro atoms. The van der Waals surface area contributed by atoms with Crippen LogP contribution in [0.2, 0.25) is 0 Å². The number of H-pyrrole nitrogens is 1. The fourth-order valence-corrected chi connectivity index (χ4v) is 2.52. The summed E-state index contributed by atoms with van der Waals surface area (Å²) in [5, 5.41) is 0.0699. The number of nitrogens with one attached hydrogen (secondary N) is 2. The molecule has 0 aliphatic rings. The van der Waals surface area contributed by atoms with Crippen LogP contribution in [-0.2, 0) is 10.0 Å². The van der Waals surface area contributed by atoms with Gasteiger partial charge in [-0.2, -0.15) is 0 Å². The molecule has 0 saturated carbocycles. The Morgan fingerprint density at radius 2 is 2.38 bits per heavy atom. The van der Waals surface area contributed by atoms with Crippen molar-refractivity contribution in [2.45, 2.75) is 37.8 Å². The van der Waals surface area contributed by atoms with Crippen LogP contribution >= 0.6 is 0 Å². The van der Waals surface area contributed by atoms with Crippen LogP contribution in [-0.4, -0.2) is 24.4 Å². The summed E-state index contributed by atoms with van der Waals surface area (Å²) in [4.78, 5) is 6.52. The lowest BCUT2D eigenvalue weighted by molar-refractivity contribution is 0.541. The molecule has 0 aromatic carbocycles. The Balaban J connectivity index is 2.83. The summed E-state index contributed by atoms with van der Waals surface area (Å²) in [5.41, 5.74) is 0. The standard InChI is InChI=1S/C10H15N3O2S/c1-4-6-9(5-2)13-16(14,15)10-7-11-8(3)12-10/h1,7,9,13H,5-6H2,2-3H3,(H,11,12). The number of imidazole rings is 1. The number of terminal acetylenes is 1. The van der Waals surface area contributed by atoms with Crippen LogP contribution in [0.4, 0.5) is 0 Å². The van der Waals surface area contributed by atoms with E-state index in [2.05, 4.69) is 20.6 Å². The minimum absolute atomic E-state index is 0.0699. The van der Waals surface area contributed by atoms with Crippen molar-refractivity contribution in [3.05, 3.63) is 12.0 Å². The van der Waals surface area contributed by atoms with Crippen LogP contribution in [0.3, 0.4) is 0 Å². The van der Waals surface area contributed by atoms with Crippen LogP contribution in [0.25, 0.3) is 0 Å². The van der Waals surface area contributed by atoms with Crippen molar-refractivity contribution in [2.75, 3.05) is 0 Å². The molecule has 2 N–H and O–H groups in total. The molecule has 1 rings (SSSR count). The van der Waals surface area contributed by atoms with Crippen LogP contribution < -0.4 is 4.72 Å². The van der Waals surface area contributed by atoms with Gasteiger partial charge in [-0.25, -0.2) is 18.1 Å². The molecule has 88 valence electrons. The Morgan fingerprint density at radius 3 is 2.81 bits per heavy atom. The van der Waals surface area contributed by atoms with Gasteiger partial charge in [0, 0.05) is 12.5 Å². The Labute approximate surface area is 95.7 Å². The summed E-state index contributed by atoms with van der Waals surface area (Å²) in [7, 11) is -3.54. The van der Waals surface area contributed by atoms with Crippen molar-refractivity contribution in [1.82, 2.24) is 14.7 Å². The summed E-state index contributed by atoms with van der Waals surface area (Å²) < 4.78 is 26.2. The number of rotatable bonds is 5. The zero-order chi connectivity index (χ0) is 12.2. The maximum Gasteiger partial charge on any atom is 0.257 e. The zero-order valence-electron chi connectivity index (χ0n) is 9.32. The maximum absolute atomic E-state index is 11.8. The second-order valence-corrected chi connectivity index (χ2v) is 5.15. The average molecular weight is 241 g/mol. The third-order valence-corrected chi connectivity index (χ3v) is 3.58. The highest BCUT2D eigenvalue weighted by Gasteiger charge is 2.20. The van der Waals surface area contributed by atoms with Gasteiger partial charge in [0.25, 0.3) is 10.0 Å². The molecule has 1 aromatic heterocycles. The normalized spacial score (nSPS) is 13.3. The predicted molar refractivity (Wildman–Crippen MR) is 61.2 cm³/mol. The van der Waals surface area contributed by atoms with E-state index in [9.17, 15) is 8.42 Å². The summed E-state index contributed by atoms with van der Waals surface area (Å²) in [6, 6.07) is -0.237. The fourth-order valence-electron chi connectivity index (χ4n) is 1.23. The Hall–Kier alpha value is -1.32. The molecule has 0 fully saturated rings. The van der Waals surface area contributed by atoms with Gasteiger partial charge in [0.05, 0.1) is 6.20 Å². The molecule has 1 atom stereocenters. The van der Waals surface area contributed by atoms with Crippen LogP contribution in [0, 0.1) is 19.3 Å². The summed E-state index contributed by atoms with van der Waals surface area (Å²) in [6.07, 6.45) is 7.48. The summed E-state index contributed by atoms with van der Waals surface area (Å²) in [5.74, 6) is 3.01. The highest BCUT2D eigenvalue weighted by atomic mass is 32.2. The molecule has 0 aliphatic carbocycles. The number of hydrogen-bond donors (Lipinski definition) is 2. The Kier molecular flexibility index (Phi) is 4.10. The molecule has 6 heteroatoms. The number of sulfonamides is 1. The van der Waals surface area contributed by atoms with Crippen LogP contribution in [0.15, 0.2) is 11.2 Å². The molecule has 0 saturated heterocycles. The largest absolute Gasteiger partial charge is 0.332 e. The van der Waals surface area contributed by atoms with Crippen molar-refractivity contribution in [3.63, 3.8) is 0 Å². The van der Waals surface area contributed by atoms with E-state index in [1.807, 2.05) is 6.92 Å². The molecule has 0 bridgehead atoms. The SMILES string of the molecule is C#CCC(CC)NS(=O)(=O)c1cnc(C)[nH]1. The highest BCUT2D eigenvalue weighted by Crippen LogP contribution is 2.08. The molecule has 5 nitrogen and oxygen atoms in total. The first-order chi connectivity index (χ1) is 7.49. The lowest BCUT2D eigenvalue weighted by Crippen LogP contribution is -2.34. The Bertz CT molecular complexity index is 484. The summed E-state index contributed by atoms with van der Waals surface area (Å²) >= 11 is 0. The average Bonchev–Trinajstić information content (AvgIpc) is 2.64. The fraction of sp³-hybridized carbons (Fsp3) is 0.500. The van der Waals surface area contributed by atoms with E-state index >= 15 is 0 Å². The molecule has 0 amide bonds. The van der Waals surface area contributed by atoms with E-state index in [1.54, 1.807) is 6.92 Å². The second-order valence-electron chi connectivity index (χ2n) is 3.47. The number of aryl methyl sites for hydroxylation is 1. The van der Waals surface area contributed by atoms with Crippen LogP contribution in [0.1, 0.15) is 25.6 Å². The zero-order valence-corrected chi connectivity index (χ0v) is 10.1. The topological polar surface area (TPSA) is 74.8 Å². The first kappa shape index (κ1) is 12.7. The van der Waals surface area contributed by atoms with Gasteiger partial charge in [-0.15, -0.1) is 12.3 Å². The molecule has 1 heterocycles. The maximum atomic E-state index is 11.8. The lowest BCUT2D eigenvalue weighted by Gasteiger charge is -2.13. The number of aromatic amines is 1. The first-order valence-electron chi connectivity index (χ1n) is 4.97. The molecule has 16 heavy (non-hydrogen) atoms. The van der Waals surface area contributed by atoms with E-state index in [4.69, 9.17) is 6.42 Å². The number of aromatic nitrogens is 2. The smallest absolute Gasteiger partial charge is 0.257 e. The molecule has 1 unspecified atom stereocenters. The van der Waals surface area contributed by atoms with Crippen molar-refractivity contribution in [2.24, 2.45) is 0 Å². The van der Waals surface area contributed by atoms with Gasteiger partial charge < -0.3 is 4.98 Å². The molecule has 0 radical (unpaired) electrons. The van der Waals surface area contributed by atoms with Gasteiger partial charge in [0.1, 0.15) is 5.82 Å². The highest BCUT2D eigenvalue weighted by molar-refractivity contribution is 7.89. The predicted octanol–water partition coefficient (Wildman–Crippen LogP) is 0.798. The van der Waals surface area contributed by atoms with Crippen molar-refractivity contribution < 1.29 is 8.42 Å². The van der Waals surface area contributed by atoms with Gasteiger partial charge in [-0.3, -0.25) is 0 Å². The van der Waals surface area contributed by atoms with Gasteiger partial charge in [0.2, 0.25) is 0 Å². The minimum atomic E-state index is -3.54. The van der Waals surface area contributed by atoms with Gasteiger partial charge >= 0.3 is 0 Å². The quantitative estimate of drug-likeness (QED) is 0.749. The minimum Gasteiger partial charge on any atom is -0.332 e. The molecule has 1 aromatic rings. The van der Waals surface area contributed by atoms with Gasteiger partial charge in [-0.05, 0) is 13.3 Å². The molecular weight excluding hydrogens is 226 g/mol. The first-order valence-corrected chi connectivity index (χ1v) is 6.45. The van der Waals surface area contributed by atoms with E-state index in [0.717, 1.165) is 0 Å². The van der Waals surface area contributed by atoms with Crippen LogP contribution in [0.5, 0.6) is 0 Å². The molecular formula is C10H15N3O2S. The Morgan fingerprint density at radius 1 is 1.69 bits per heavy atom. The van der Waals surface area contributed by atoms with E-state index in [1.165, 1.54) is 6.20 Å². The van der Waals surface area contributed by atoms with Crippen molar-refractivity contribution in [3.8, 4) is 12.3 Å². The van der Waals surface area contributed by atoms with Gasteiger partial charge in [0.15, 0.2) is 5.03 Å². The molecule has 0 aliphatic heterocycles. The van der Waals surface area contributed by atoms with E-state index in [0.29, 0.717) is 18.7 Å². The van der Waals surface area contributed by atoms with Crippen molar-refractivity contribution in [1.29, 1.82) is 0 Å². The summed E-state index contributed by atoms with van der Waals surface area (Å²) in [6.45, 7) is 3.57.